The van der Waals surface area contributed by atoms with Crippen molar-refractivity contribution in [1.29, 1.82) is 0 Å². The molecule has 0 radical (unpaired) electrons. The topological polar surface area (TPSA) is 61.8 Å². The first-order valence-electron chi connectivity index (χ1n) is 7.60. The number of aliphatic hydroxyl groups is 1. The van der Waals surface area contributed by atoms with Crippen molar-refractivity contribution < 1.29 is 14.6 Å². The molecule has 2 unspecified atom stereocenters. The maximum atomic E-state index is 12.3. The van der Waals surface area contributed by atoms with E-state index in [1.807, 2.05) is 19.0 Å². The molecule has 1 rings (SSSR count). The normalized spacial score (nSPS) is 14.0. The van der Waals surface area contributed by atoms with E-state index in [4.69, 9.17) is 4.74 Å². The number of carbonyl (C=O) groups is 1. The molecule has 22 heavy (non-hydrogen) atoms. The van der Waals surface area contributed by atoms with E-state index in [1.54, 1.807) is 31.4 Å². The molecule has 0 heterocycles. The van der Waals surface area contributed by atoms with Gasteiger partial charge in [-0.05, 0) is 44.1 Å². The number of aliphatic hydroxyl groups excluding tert-OH is 1. The fraction of sp³-hybridized carbons (Fsp3) is 0.588. The van der Waals surface area contributed by atoms with E-state index in [0.717, 1.165) is 13.0 Å². The Bertz CT molecular complexity index is 465. The lowest BCUT2D eigenvalue weighted by Gasteiger charge is -2.25. The zero-order valence-electron chi connectivity index (χ0n) is 14.2. The standard InChI is InChI=1S/C17H28N2O3/c1-12(2)9-14(11-19(3)4)18-17(21)16(20)13-7-6-8-15(10-13)22-5/h6-8,10,12,14,16,20H,9,11H2,1-5H3,(H,18,21). The molecule has 0 saturated carbocycles. The van der Waals surface area contributed by atoms with E-state index in [9.17, 15) is 9.90 Å². The summed E-state index contributed by atoms with van der Waals surface area (Å²) in [7, 11) is 5.50. The van der Waals surface area contributed by atoms with E-state index in [-0.39, 0.29) is 11.9 Å². The summed E-state index contributed by atoms with van der Waals surface area (Å²) >= 11 is 0. The van der Waals surface area contributed by atoms with Gasteiger partial charge < -0.3 is 20.1 Å². The van der Waals surface area contributed by atoms with Crippen LogP contribution in [0.5, 0.6) is 5.75 Å². The van der Waals surface area contributed by atoms with Crippen LogP contribution >= 0.6 is 0 Å². The summed E-state index contributed by atoms with van der Waals surface area (Å²) in [6.07, 6.45) is -0.318. The Morgan fingerprint density at radius 1 is 1.36 bits per heavy atom. The van der Waals surface area contributed by atoms with Crippen LogP contribution in [0.1, 0.15) is 31.9 Å². The molecule has 0 saturated heterocycles. The Kier molecular flexibility index (Phi) is 7.35. The van der Waals surface area contributed by atoms with Crippen molar-refractivity contribution in [2.75, 3.05) is 27.7 Å². The van der Waals surface area contributed by atoms with Crippen molar-refractivity contribution in [3.8, 4) is 5.75 Å². The van der Waals surface area contributed by atoms with Gasteiger partial charge in [0.15, 0.2) is 6.10 Å². The lowest BCUT2D eigenvalue weighted by atomic mass is 10.0. The minimum Gasteiger partial charge on any atom is -0.497 e. The number of methoxy groups -OCH3 is 1. The van der Waals surface area contributed by atoms with E-state index < -0.39 is 6.10 Å². The summed E-state index contributed by atoms with van der Waals surface area (Å²) in [5.41, 5.74) is 0.532. The van der Waals surface area contributed by atoms with Crippen molar-refractivity contribution in [3.63, 3.8) is 0 Å². The van der Waals surface area contributed by atoms with Gasteiger partial charge in [-0.3, -0.25) is 4.79 Å². The quantitative estimate of drug-likeness (QED) is 0.769. The zero-order chi connectivity index (χ0) is 16.7. The van der Waals surface area contributed by atoms with Gasteiger partial charge in [-0.2, -0.15) is 0 Å². The number of carbonyl (C=O) groups excluding carboxylic acids is 1. The summed E-state index contributed by atoms with van der Waals surface area (Å²) < 4.78 is 5.12. The number of ether oxygens (including phenoxy) is 1. The first-order valence-corrected chi connectivity index (χ1v) is 7.60. The number of nitrogens with one attached hydrogen (secondary N) is 1. The van der Waals surface area contributed by atoms with Crippen molar-refractivity contribution in [2.24, 2.45) is 5.92 Å². The SMILES string of the molecule is COc1cccc(C(O)C(=O)NC(CC(C)C)CN(C)C)c1. The van der Waals surface area contributed by atoms with Crippen LogP contribution in [0.15, 0.2) is 24.3 Å². The second-order valence-corrected chi connectivity index (χ2v) is 6.28. The molecule has 1 aromatic carbocycles. The highest BCUT2D eigenvalue weighted by atomic mass is 16.5. The van der Waals surface area contributed by atoms with Gasteiger partial charge >= 0.3 is 0 Å². The lowest BCUT2D eigenvalue weighted by Crippen LogP contribution is -2.44. The smallest absolute Gasteiger partial charge is 0.253 e. The summed E-state index contributed by atoms with van der Waals surface area (Å²) in [5, 5.41) is 13.2. The molecule has 0 aliphatic heterocycles. The average Bonchev–Trinajstić information content (AvgIpc) is 2.45. The maximum absolute atomic E-state index is 12.3. The van der Waals surface area contributed by atoms with Gasteiger partial charge in [-0.1, -0.05) is 26.0 Å². The summed E-state index contributed by atoms with van der Waals surface area (Å²) in [6, 6.07) is 6.95. The van der Waals surface area contributed by atoms with E-state index in [2.05, 4.69) is 19.2 Å². The second kappa shape index (κ2) is 8.76. The van der Waals surface area contributed by atoms with Gasteiger partial charge in [-0.15, -0.1) is 0 Å². The maximum Gasteiger partial charge on any atom is 0.253 e. The van der Waals surface area contributed by atoms with Crippen LogP contribution in [0.4, 0.5) is 0 Å². The van der Waals surface area contributed by atoms with Crippen LogP contribution in [0.25, 0.3) is 0 Å². The summed E-state index contributed by atoms with van der Waals surface area (Å²) in [6.45, 7) is 4.98. The molecular formula is C17H28N2O3. The Morgan fingerprint density at radius 3 is 2.59 bits per heavy atom. The first kappa shape index (κ1) is 18.5. The van der Waals surface area contributed by atoms with E-state index in [1.165, 1.54) is 0 Å². The van der Waals surface area contributed by atoms with Crippen LogP contribution < -0.4 is 10.1 Å². The third-order valence-corrected chi connectivity index (χ3v) is 3.35. The third kappa shape index (κ3) is 6.03. The molecule has 0 bridgehead atoms. The molecular weight excluding hydrogens is 280 g/mol. The highest BCUT2D eigenvalue weighted by Crippen LogP contribution is 2.19. The monoisotopic (exact) mass is 308 g/mol. The molecule has 2 N–H and O–H groups in total. The van der Waals surface area contributed by atoms with Gasteiger partial charge in [0.1, 0.15) is 5.75 Å². The van der Waals surface area contributed by atoms with Crippen molar-refractivity contribution in [1.82, 2.24) is 10.2 Å². The van der Waals surface area contributed by atoms with Crippen molar-refractivity contribution in [3.05, 3.63) is 29.8 Å². The minimum absolute atomic E-state index is 0.0164. The van der Waals surface area contributed by atoms with Crippen LogP contribution in [0.2, 0.25) is 0 Å². The molecule has 2 atom stereocenters. The van der Waals surface area contributed by atoms with E-state index >= 15 is 0 Å². The fourth-order valence-corrected chi connectivity index (χ4v) is 2.43. The van der Waals surface area contributed by atoms with Gasteiger partial charge in [-0.25, -0.2) is 0 Å². The van der Waals surface area contributed by atoms with Gasteiger partial charge in [0, 0.05) is 12.6 Å². The molecule has 0 aromatic heterocycles. The van der Waals surface area contributed by atoms with Gasteiger partial charge in [0.2, 0.25) is 0 Å². The Hall–Kier alpha value is -1.59. The minimum atomic E-state index is -1.19. The molecule has 124 valence electrons. The number of hydrogen-bond acceptors (Lipinski definition) is 4. The van der Waals surface area contributed by atoms with Gasteiger partial charge in [0.25, 0.3) is 5.91 Å². The van der Waals surface area contributed by atoms with Crippen LogP contribution in [-0.4, -0.2) is 49.7 Å². The molecule has 1 amide bonds. The molecule has 0 aliphatic rings. The van der Waals surface area contributed by atoms with Crippen LogP contribution in [-0.2, 0) is 4.79 Å². The number of rotatable bonds is 8. The Balaban J connectivity index is 2.74. The number of nitrogens with zero attached hydrogens (tertiary/aromatic N) is 1. The first-order chi connectivity index (χ1) is 10.3. The average molecular weight is 308 g/mol. The fourth-order valence-electron chi connectivity index (χ4n) is 2.43. The van der Waals surface area contributed by atoms with E-state index in [0.29, 0.717) is 17.2 Å². The molecule has 5 heteroatoms. The number of amides is 1. The number of likely N-dealkylation sites (N-methyl/N-ethyl adjacent to an activating group) is 1. The number of benzene rings is 1. The molecule has 1 aromatic rings. The molecule has 5 nitrogen and oxygen atoms in total. The second-order valence-electron chi connectivity index (χ2n) is 6.28. The Labute approximate surface area is 133 Å². The predicted molar refractivity (Wildman–Crippen MR) is 87.9 cm³/mol. The highest BCUT2D eigenvalue weighted by Gasteiger charge is 2.22. The lowest BCUT2D eigenvalue weighted by molar-refractivity contribution is -0.130. The summed E-state index contributed by atoms with van der Waals surface area (Å²) in [5.74, 6) is 0.719. The Morgan fingerprint density at radius 2 is 2.05 bits per heavy atom. The van der Waals surface area contributed by atoms with Crippen molar-refractivity contribution >= 4 is 5.91 Å². The summed E-state index contributed by atoms with van der Waals surface area (Å²) in [4.78, 5) is 14.3. The predicted octanol–water partition coefficient (Wildman–Crippen LogP) is 1.82. The van der Waals surface area contributed by atoms with Gasteiger partial charge in [0.05, 0.1) is 7.11 Å². The van der Waals surface area contributed by atoms with Crippen molar-refractivity contribution in [2.45, 2.75) is 32.4 Å². The van der Waals surface area contributed by atoms with Crippen LogP contribution in [0, 0.1) is 5.92 Å². The number of hydrogen-bond donors (Lipinski definition) is 2. The highest BCUT2D eigenvalue weighted by molar-refractivity contribution is 5.82. The largest absolute Gasteiger partial charge is 0.497 e. The zero-order valence-corrected chi connectivity index (χ0v) is 14.2. The molecule has 0 spiro atoms. The van der Waals surface area contributed by atoms with Crippen LogP contribution in [0.3, 0.4) is 0 Å². The third-order valence-electron chi connectivity index (χ3n) is 3.35. The molecule has 0 aliphatic carbocycles. The molecule has 0 fully saturated rings.